The van der Waals surface area contributed by atoms with Crippen LogP contribution in [0.2, 0.25) is 0 Å². The molecule has 0 aliphatic heterocycles. The minimum Gasteiger partial charge on any atom is -0.396 e. The minimum absolute atomic E-state index is 0.330. The van der Waals surface area contributed by atoms with Gasteiger partial charge in [-0.1, -0.05) is 78.4 Å². The van der Waals surface area contributed by atoms with Crippen LogP contribution < -0.4 is 0 Å². The van der Waals surface area contributed by atoms with E-state index in [2.05, 4.69) is 40.7 Å². The molecule has 0 heterocycles. The molecule has 4 rings (SSSR count). The summed E-state index contributed by atoms with van der Waals surface area (Å²) in [6, 6.07) is 0. The summed E-state index contributed by atoms with van der Waals surface area (Å²) in [7, 11) is 0. The molecule has 0 amide bonds. The predicted molar refractivity (Wildman–Crippen MR) is 148 cm³/mol. The maximum atomic E-state index is 8.95. The number of aliphatic hydroxyl groups excluding tert-OH is 1. The number of allylic oxidation sites excluding steroid dienone is 1. The first-order valence-electron chi connectivity index (χ1n) is 15.7. The van der Waals surface area contributed by atoms with Gasteiger partial charge in [0.2, 0.25) is 0 Å². The van der Waals surface area contributed by atoms with Gasteiger partial charge in [-0.3, -0.25) is 0 Å². The van der Waals surface area contributed by atoms with Crippen LogP contribution in [0.5, 0.6) is 0 Å². The molecule has 3 saturated carbocycles. The van der Waals surface area contributed by atoms with Crippen LogP contribution >= 0.6 is 0 Å². The van der Waals surface area contributed by atoms with E-state index in [4.69, 9.17) is 9.84 Å². The van der Waals surface area contributed by atoms with Crippen molar-refractivity contribution in [3.05, 3.63) is 11.6 Å². The van der Waals surface area contributed by atoms with Gasteiger partial charge in [0.15, 0.2) is 0 Å². The lowest BCUT2D eigenvalue weighted by atomic mass is 9.47. The summed E-state index contributed by atoms with van der Waals surface area (Å²) < 4.78 is 6.36. The third-order valence-electron chi connectivity index (χ3n) is 11.7. The second kappa shape index (κ2) is 12.0. The highest BCUT2D eigenvalue weighted by Crippen LogP contribution is 2.67. The van der Waals surface area contributed by atoms with Crippen molar-refractivity contribution >= 4 is 0 Å². The second-order valence-corrected chi connectivity index (χ2v) is 14.2. The molecule has 0 spiro atoms. The lowest BCUT2D eigenvalue weighted by Crippen LogP contribution is -2.51. The molecule has 0 unspecified atom stereocenters. The molecular formula is C33H58O2. The van der Waals surface area contributed by atoms with Crippen molar-refractivity contribution in [1.29, 1.82) is 0 Å². The highest BCUT2D eigenvalue weighted by Gasteiger charge is 2.59. The van der Waals surface area contributed by atoms with E-state index in [1.807, 2.05) is 0 Å². The molecule has 0 saturated heterocycles. The molecule has 2 heteroatoms. The molecule has 8 atom stereocenters. The van der Waals surface area contributed by atoms with E-state index >= 15 is 0 Å². The third kappa shape index (κ3) is 5.89. The van der Waals surface area contributed by atoms with Crippen molar-refractivity contribution in [2.24, 2.45) is 46.3 Å². The van der Waals surface area contributed by atoms with Gasteiger partial charge in [-0.05, 0) is 111 Å². The largest absolute Gasteiger partial charge is 0.396 e. The number of unbranched alkanes of at least 4 members (excludes halogenated alkanes) is 3. The summed E-state index contributed by atoms with van der Waals surface area (Å²) in [6.45, 7) is 14.0. The number of hydrogen-bond acceptors (Lipinski definition) is 2. The zero-order valence-corrected chi connectivity index (χ0v) is 24.0. The summed E-state index contributed by atoms with van der Waals surface area (Å²) in [5.74, 6) is 5.52. The van der Waals surface area contributed by atoms with Crippen LogP contribution in [-0.4, -0.2) is 24.4 Å². The Morgan fingerprint density at radius 2 is 1.71 bits per heavy atom. The third-order valence-corrected chi connectivity index (χ3v) is 11.7. The Bertz CT molecular complexity index is 697. The van der Waals surface area contributed by atoms with Crippen molar-refractivity contribution in [3.8, 4) is 0 Å². The van der Waals surface area contributed by atoms with Crippen LogP contribution in [0, 0.1) is 46.3 Å². The fourth-order valence-corrected chi connectivity index (χ4v) is 9.61. The number of ether oxygens (including phenoxy) is 1. The highest BCUT2D eigenvalue weighted by molar-refractivity contribution is 5.25. The average Bonchev–Trinajstić information content (AvgIpc) is 3.18. The average molecular weight is 487 g/mol. The van der Waals surface area contributed by atoms with Crippen LogP contribution in [0.4, 0.5) is 0 Å². The van der Waals surface area contributed by atoms with Crippen LogP contribution in [0.15, 0.2) is 11.6 Å². The van der Waals surface area contributed by atoms with Crippen molar-refractivity contribution in [3.63, 3.8) is 0 Å². The molecule has 0 aromatic heterocycles. The lowest BCUT2D eigenvalue weighted by Gasteiger charge is -2.58. The molecule has 0 radical (unpaired) electrons. The topological polar surface area (TPSA) is 29.5 Å². The highest BCUT2D eigenvalue weighted by atomic mass is 16.5. The summed E-state index contributed by atoms with van der Waals surface area (Å²) >= 11 is 0. The Morgan fingerprint density at radius 1 is 0.914 bits per heavy atom. The zero-order chi connectivity index (χ0) is 25.1. The van der Waals surface area contributed by atoms with E-state index in [0.717, 1.165) is 61.4 Å². The second-order valence-electron chi connectivity index (χ2n) is 14.2. The molecule has 202 valence electrons. The first-order valence-corrected chi connectivity index (χ1v) is 15.7. The van der Waals surface area contributed by atoms with Gasteiger partial charge in [-0.15, -0.1) is 0 Å². The van der Waals surface area contributed by atoms with E-state index in [9.17, 15) is 0 Å². The SMILES string of the molecule is CC(C)CCC[C@@H](C)[C@H]1CC[C@H]2[C@@H]3CC=C4C[C@H](OCCCCCCO)CC[C@]4(C)[C@H]3CC[C@]12C. The van der Waals surface area contributed by atoms with Gasteiger partial charge >= 0.3 is 0 Å². The number of rotatable bonds is 12. The summed E-state index contributed by atoms with van der Waals surface area (Å²) in [5.41, 5.74) is 2.79. The molecule has 3 fully saturated rings. The summed E-state index contributed by atoms with van der Waals surface area (Å²) in [4.78, 5) is 0. The van der Waals surface area contributed by atoms with E-state index in [-0.39, 0.29) is 0 Å². The van der Waals surface area contributed by atoms with Crippen LogP contribution in [0.25, 0.3) is 0 Å². The Balaban J connectivity index is 1.34. The molecule has 0 aromatic carbocycles. The van der Waals surface area contributed by atoms with Gasteiger partial charge in [0.1, 0.15) is 0 Å². The predicted octanol–water partition coefficient (Wildman–Crippen LogP) is 8.97. The fourth-order valence-electron chi connectivity index (χ4n) is 9.61. The molecule has 0 aromatic rings. The zero-order valence-electron chi connectivity index (χ0n) is 24.0. The van der Waals surface area contributed by atoms with Gasteiger partial charge in [0, 0.05) is 13.2 Å². The molecule has 2 nitrogen and oxygen atoms in total. The Morgan fingerprint density at radius 3 is 2.49 bits per heavy atom. The molecule has 1 N–H and O–H groups in total. The van der Waals surface area contributed by atoms with Gasteiger partial charge in [-0.25, -0.2) is 0 Å². The maximum Gasteiger partial charge on any atom is 0.0612 e. The smallest absolute Gasteiger partial charge is 0.0612 e. The van der Waals surface area contributed by atoms with Crippen molar-refractivity contribution < 1.29 is 9.84 Å². The van der Waals surface area contributed by atoms with E-state index < -0.39 is 0 Å². The van der Waals surface area contributed by atoms with Gasteiger partial charge < -0.3 is 9.84 Å². The van der Waals surface area contributed by atoms with E-state index in [1.54, 1.807) is 5.57 Å². The van der Waals surface area contributed by atoms with Gasteiger partial charge in [-0.2, -0.15) is 0 Å². The molecule has 0 bridgehead atoms. The molecule has 4 aliphatic carbocycles. The maximum absolute atomic E-state index is 8.95. The molecular weight excluding hydrogens is 428 g/mol. The first-order chi connectivity index (χ1) is 16.8. The van der Waals surface area contributed by atoms with Crippen LogP contribution in [0.1, 0.15) is 131 Å². The van der Waals surface area contributed by atoms with Crippen LogP contribution in [-0.2, 0) is 4.74 Å². The van der Waals surface area contributed by atoms with E-state index in [1.165, 1.54) is 77.0 Å². The van der Waals surface area contributed by atoms with E-state index in [0.29, 0.717) is 23.5 Å². The lowest BCUT2D eigenvalue weighted by molar-refractivity contribution is -0.0641. The number of hydrogen-bond donors (Lipinski definition) is 1. The molecule has 4 aliphatic rings. The standard InChI is InChI=1S/C33H58O2/c1-24(2)11-10-12-25(3)29-15-16-30-28-14-13-26-23-27(35-22-9-7-6-8-21-34)17-19-32(26,4)31(28)18-20-33(29,30)5/h13,24-25,27-31,34H,6-12,14-23H2,1-5H3/t25-,27-,28+,29-,30+,31+,32+,33-/m1/s1. The quantitative estimate of drug-likeness (QED) is 0.220. The van der Waals surface area contributed by atoms with Crippen molar-refractivity contribution in [2.45, 2.75) is 137 Å². The van der Waals surface area contributed by atoms with Crippen molar-refractivity contribution in [1.82, 2.24) is 0 Å². The molecule has 35 heavy (non-hydrogen) atoms. The number of aliphatic hydroxyl groups is 1. The van der Waals surface area contributed by atoms with Crippen LogP contribution in [0.3, 0.4) is 0 Å². The monoisotopic (exact) mass is 486 g/mol. The normalized spacial score (nSPS) is 39.6. The first kappa shape index (κ1) is 27.7. The Hall–Kier alpha value is -0.340. The Kier molecular flexibility index (Phi) is 9.51. The van der Waals surface area contributed by atoms with Crippen molar-refractivity contribution in [2.75, 3.05) is 13.2 Å². The fraction of sp³-hybridized carbons (Fsp3) is 0.939. The summed E-state index contributed by atoms with van der Waals surface area (Å²) in [5, 5.41) is 8.95. The summed E-state index contributed by atoms with van der Waals surface area (Å²) in [6.07, 6.45) is 22.9. The van der Waals surface area contributed by atoms with Gasteiger partial charge in [0.25, 0.3) is 0 Å². The minimum atomic E-state index is 0.330. The Labute approximate surface area is 218 Å². The number of fused-ring (bicyclic) bond motifs is 5. The van der Waals surface area contributed by atoms with Gasteiger partial charge in [0.05, 0.1) is 6.10 Å².